The Morgan fingerprint density at radius 3 is 2.47 bits per heavy atom. The molecule has 0 spiro atoms. The predicted molar refractivity (Wildman–Crippen MR) is 82.6 cm³/mol. The van der Waals surface area contributed by atoms with Gasteiger partial charge in [-0.25, -0.2) is 0 Å². The first-order valence-corrected chi connectivity index (χ1v) is 8.28. The van der Waals surface area contributed by atoms with E-state index in [2.05, 4.69) is 36.3 Å². The summed E-state index contributed by atoms with van der Waals surface area (Å²) >= 11 is 0. The second-order valence-electron chi connectivity index (χ2n) is 6.69. The fraction of sp³-hybridized carbons (Fsp3) is 1.00. The molecule has 0 bridgehead atoms. The molecule has 1 aliphatic heterocycles. The molecular formula is C16H33N3. The average molecular weight is 267 g/mol. The SMILES string of the molecule is CNC1CCC(N(C)CCC2CCCCN2C)CC1. The van der Waals surface area contributed by atoms with Crippen molar-refractivity contribution in [2.75, 3.05) is 34.2 Å². The topological polar surface area (TPSA) is 18.5 Å². The minimum atomic E-state index is 0.772. The van der Waals surface area contributed by atoms with Gasteiger partial charge in [0.15, 0.2) is 0 Å². The normalized spacial score (nSPS) is 33.8. The molecule has 19 heavy (non-hydrogen) atoms. The maximum Gasteiger partial charge on any atom is 0.0104 e. The van der Waals surface area contributed by atoms with Gasteiger partial charge in [0.2, 0.25) is 0 Å². The molecule has 1 N–H and O–H groups in total. The highest BCUT2D eigenvalue weighted by molar-refractivity contribution is 4.82. The monoisotopic (exact) mass is 267 g/mol. The largest absolute Gasteiger partial charge is 0.317 e. The molecule has 1 aliphatic carbocycles. The van der Waals surface area contributed by atoms with Crippen LogP contribution in [0.5, 0.6) is 0 Å². The minimum Gasteiger partial charge on any atom is -0.317 e. The highest BCUT2D eigenvalue weighted by Crippen LogP contribution is 2.23. The van der Waals surface area contributed by atoms with E-state index >= 15 is 0 Å². The van der Waals surface area contributed by atoms with Crippen LogP contribution in [0.1, 0.15) is 51.4 Å². The number of likely N-dealkylation sites (tertiary alicyclic amines) is 1. The second-order valence-corrected chi connectivity index (χ2v) is 6.69. The van der Waals surface area contributed by atoms with Crippen LogP contribution in [0, 0.1) is 0 Å². The summed E-state index contributed by atoms with van der Waals surface area (Å²) in [6, 6.07) is 2.44. The van der Waals surface area contributed by atoms with Crippen LogP contribution in [-0.2, 0) is 0 Å². The summed E-state index contributed by atoms with van der Waals surface area (Å²) < 4.78 is 0. The van der Waals surface area contributed by atoms with Crippen LogP contribution in [-0.4, -0.2) is 62.2 Å². The zero-order chi connectivity index (χ0) is 13.7. The van der Waals surface area contributed by atoms with Crippen molar-refractivity contribution in [2.24, 2.45) is 0 Å². The molecule has 3 heteroatoms. The third-order valence-electron chi connectivity index (χ3n) is 5.46. The van der Waals surface area contributed by atoms with E-state index in [-0.39, 0.29) is 0 Å². The summed E-state index contributed by atoms with van der Waals surface area (Å²) in [5, 5.41) is 3.43. The van der Waals surface area contributed by atoms with Gasteiger partial charge in [0.05, 0.1) is 0 Å². The second kappa shape index (κ2) is 7.61. The third kappa shape index (κ3) is 4.44. The van der Waals surface area contributed by atoms with Crippen LogP contribution in [0.2, 0.25) is 0 Å². The fourth-order valence-electron chi connectivity index (χ4n) is 3.85. The number of nitrogens with zero attached hydrogens (tertiary/aromatic N) is 2. The first-order chi connectivity index (χ1) is 9.20. The third-order valence-corrected chi connectivity index (χ3v) is 5.46. The predicted octanol–water partition coefficient (Wildman–Crippen LogP) is 2.32. The molecule has 2 rings (SSSR count). The Morgan fingerprint density at radius 1 is 1.11 bits per heavy atom. The van der Waals surface area contributed by atoms with E-state index in [9.17, 15) is 0 Å². The molecule has 2 fully saturated rings. The van der Waals surface area contributed by atoms with Gasteiger partial charge in [-0.05, 0) is 79.2 Å². The molecular weight excluding hydrogens is 234 g/mol. The molecule has 0 aromatic heterocycles. The quantitative estimate of drug-likeness (QED) is 0.825. The summed E-state index contributed by atoms with van der Waals surface area (Å²) in [6.07, 6.45) is 11.1. The van der Waals surface area contributed by atoms with Gasteiger partial charge >= 0.3 is 0 Å². The molecule has 1 heterocycles. The van der Waals surface area contributed by atoms with E-state index in [4.69, 9.17) is 0 Å². The lowest BCUT2D eigenvalue weighted by Crippen LogP contribution is -2.43. The molecule has 1 unspecified atom stereocenters. The lowest BCUT2D eigenvalue weighted by Gasteiger charge is -2.37. The molecule has 0 aromatic rings. The van der Waals surface area contributed by atoms with Gasteiger partial charge in [0, 0.05) is 18.1 Å². The van der Waals surface area contributed by atoms with E-state index < -0.39 is 0 Å². The summed E-state index contributed by atoms with van der Waals surface area (Å²) in [4.78, 5) is 5.21. The van der Waals surface area contributed by atoms with Gasteiger partial charge in [0.1, 0.15) is 0 Å². The number of piperidine rings is 1. The molecule has 2 aliphatic rings. The van der Waals surface area contributed by atoms with Crippen molar-refractivity contribution in [3.05, 3.63) is 0 Å². The Hall–Kier alpha value is -0.120. The first-order valence-electron chi connectivity index (χ1n) is 8.28. The summed E-state index contributed by atoms with van der Waals surface area (Å²) in [7, 11) is 6.75. The Kier molecular flexibility index (Phi) is 6.11. The maximum atomic E-state index is 3.43. The van der Waals surface area contributed by atoms with Gasteiger partial charge in [-0.3, -0.25) is 0 Å². The van der Waals surface area contributed by atoms with Crippen LogP contribution < -0.4 is 5.32 Å². The van der Waals surface area contributed by atoms with Crippen molar-refractivity contribution in [2.45, 2.75) is 69.5 Å². The van der Waals surface area contributed by atoms with Crippen LogP contribution in [0.15, 0.2) is 0 Å². The van der Waals surface area contributed by atoms with Crippen molar-refractivity contribution in [1.82, 2.24) is 15.1 Å². The van der Waals surface area contributed by atoms with Crippen molar-refractivity contribution < 1.29 is 0 Å². The van der Waals surface area contributed by atoms with Gasteiger partial charge < -0.3 is 15.1 Å². The van der Waals surface area contributed by atoms with Gasteiger partial charge in [-0.15, -0.1) is 0 Å². The summed E-state index contributed by atoms with van der Waals surface area (Å²) in [5.41, 5.74) is 0. The van der Waals surface area contributed by atoms with Crippen LogP contribution >= 0.6 is 0 Å². The Bertz CT molecular complexity index is 248. The van der Waals surface area contributed by atoms with E-state index in [1.54, 1.807) is 0 Å². The van der Waals surface area contributed by atoms with E-state index in [0.717, 1.165) is 18.1 Å². The minimum absolute atomic E-state index is 0.772. The zero-order valence-electron chi connectivity index (χ0n) is 13.2. The number of rotatable bonds is 5. The highest BCUT2D eigenvalue weighted by Gasteiger charge is 2.24. The van der Waals surface area contributed by atoms with Gasteiger partial charge in [-0.1, -0.05) is 6.42 Å². The standard InChI is InChI=1S/C16H33N3/c1-17-14-7-9-16(10-8-14)19(3)13-11-15-6-4-5-12-18(15)2/h14-17H,4-13H2,1-3H3. The summed E-state index contributed by atoms with van der Waals surface area (Å²) in [5.74, 6) is 0. The summed E-state index contributed by atoms with van der Waals surface area (Å²) in [6.45, 7) is 2.59. The number of hydrogen-bond donors (Lipinski definition) is 1. The van der Waals surface area contributed by atoms with Gasteiger partial charge in [0.25, 0.3) is 0 Å². The van der Waals surface area contributed by atoms with Gasteiger partial charge in [-0.2, -0.15) is 0 Å². The number of nitrogens with one attached hydrogen (secondary N) is 1. The van der Waals surface area contributed by atoms with E-state index in [0.29, 0.717) is 0 Å². The highest BCUT2D eigenvalue weighted by atomic mass is 15.2. The average Bonchev–Trinajstić information content (AvgIpc) is 2.46. The molecule has 3 nitrogen and oxygen atoms in total. The van der Waals surface area contributed by atoms with Crippen molar-refractivity contribution >= 4 is 0 Å². The molecule has 0 aromatic carbocycles. The molecule has 0 radical (unpaired) electrons. The molecule has 112 valence electrons. The van der Waals surface area contributed by atoms with Crippen molar-refractivity contribution in [3.63, 3.8) is 0 Å². The van der Waals surface area contributed by atoms with Crippen LogP contribution in [0.4, 0.5) is 0 Å². The molecule has 1 saturated heterocycles. The number of hydrogen-bond acceptors (Lipinski definition) is 3. The molecule has 1 saturated carbocycles. The first kappa shape index (κ1) is 15.3. The van der Waals surface area contributed by atoms with Crippen LogP contribution in [0.25, 0.3) is 0 Å². The maximum absolute atomic E-state index is 3.43. The lowest BCUT2D eigenvalue weighted by atomic mass is 9.90. The van der Waals surface area contributed by atoms with E-state index in [1.165, 1.54) is 64.5 Å². The smallest absolute Gasteiger partial charge is 0.0104 e. The van der Waals surface area contributed by atoms with Crippen LogP contribution in [0.3, 0.4) is 0 Å². The zero-order valence-corrected chi connectivity index (χ0v) is 13.2. The van der Waals surface area contributed by atoms with Crippen molar-refractivity contribution in [1.29, 1.82) is 0 Å². The Balaban J connectivity index is 1.68. The molecule has 0 amide bonds. The fourth-order valence-corrected chi connectivity index (χ4v) is 3.85. The van der Waals surface area contributed by atoms with E-state index in [1.807, 2.05) is 0 Å². The molecule has 1 atom stereocenters. The Morgan fingerprint density at radius 2 is 1.84 bits per heavy atom. The van der Waals surface area contributed by atoms with Crippen molar-refractivity contribution in [3.8, 4) is 0 Å². The Labute approximate surface area is 119 Å². The lowest BCUT2D eigenvalue weighted by molar-refractivity contribution is 0.131.